The van der Waals surface area contributed by atoms with E-state index in [2.05, 4.69) is 20.8 Å². The van der Waals surface area contributed by atoms with Crippen LogP contribution in [0.5, 0.6) is 5.75 Å². The molecule has 1 heterocycles. The Morgan fingerprint density at radius 2 is 1.66 bits per heavy atom. The van der Waals surface area contributed by atoms with Crippen molar-refractivity contribution >= 4 is 58.2 Å². The second kappa shape index (κ2) is 11.2. The van der Waals surface area contributed by atoms with Crippen LogP contribution in [-0.2, 0) is 23.1 Å². The van der Waals surface area contributed by atoms with Gasteiger partial charge in [0, 0.05) is 28.5 Å². The first kappa shape index (κ1) is 23.9. The number of nitrogens with zero attached hydrogens (tertiary/aromatic N) is 3. The Bertz CT molecular complexity index is 1090. The van der Waals surface area contributed by atoms with E-state index in [1.54, 1.807) is 54.1 Å². The third-order valence-corrected chi connectivity index (χ3v) is 5.63. The molecule has 1 aromatic heterocycles. The van der Waals surface area contributed by atoms with Crippen LogP contribution in [0.3, 0.4) is 0 Å². The third-order valence-electron chi connectivity index (χ3n) is 4.17. The van der Waals surface area contributed by atoms with Gasteiger partial charge >= 0.3 is 0 Å². The summed E-state index contributed by atoms with van der Waals surface area (Å²) in [6.07, 6.45) is 0.0461. The Morgan fingerprint density at radius 3 is 2.31 bits per heavy atom. The van der Waals surface area contributed by atoms with E-state index in [-0.39, 0.29) is 24.0 Å². The van der Waals surface area contributed by atoms with E-state index in [1.165, 1.54) is 11.8 Å². The number of rotatable bonds is 9. The van der Waals surface area contributed by atoms with Gasteiger partial charge < -0.3 is 19.9 Å². The number of nitrogens with one attached hydrogen (secondary N) is 2. The summed E-state index contributed by atoms with van der Waals surface area (Å²) in [6, 6.07) is 11.9. The normalized spacial score (nSPS) is 10.6. The predicted molar refractivity (Wildman–Crippen MR) is 127 cm³/mol. The molecule has 0 saturated carbocycles. The van der Waals surface area contributed by atoms with E-state index in [9.17, 15) is 9.59 Å². The Morgan fingerprint density at radius 1 is 1.00 bits per heavy atom. The molecule has 8 nitrogen and oxygen atoms in total. The van der Waals surface area contributed by atoms with Gasteiger partial charge in [0.05, 0.1) is 18.8 Å². The zero-order chi connectivity index (χ0) is 23.1. The average molecular weight is 494 g/mol. The number of anilines is 2. The van der Waals surface area contributed by atoms with E-state index in [1.807, 2.05) is 6.92 Å². The summed E-state index contributed by atoms with van der Waals surface area (Å²) in [5.74, 6) is 0.859. The lowest BCUT2D eigenvalue weighted by atomic mass is 10.3. The minimum atomic E-state index is -0.244. The summed E-state index contributed by atoms with van der Waals surface area (Å²) < 4.78 is 7.07. The fourth-order valence-corrected chi connectivity index (χ4v) is 3.98. The smallest absolute Gasteiger partial charge is 0.234 e. The zero-order valence-corrected chi connectivity index (χ0v) is 19.7. The lowest BCUT2D eigenvalue weighted by Crippen LogP contribution is -2.17. The van der Waals surface area contributed by atoms with Crippen molar-refractivity contribution in [2.75, 3.05) is 23.0 Å². The molecule has 2 amide bonds. The van der Waals surface area contributed by atoms with Gasteiger partial charge in [0.2, 0.25) is 11.8 Å². The van der Waals surface area contributed by atoms with Crippen LogP contribution in [0.2, 0.25) is 10.0 Å². The maximum atomic E-state index is 12.4. The minimum Gasteiger partial charge on any atom is -0.494 e. The number of carbonyl (C=O) groups excluding carboxylic acids is 2. The molecule has 0 aliphatic carbocycles. The highest BCUT2D eigenvalue weighted by Gasteiger charge is 2.15. The van der Waals surface area contributed by atoms with Crippen molar-refractivity contribution in [1.29, 1.82) is 0 Å². The monoisotopic (exact) mass is 493 g/mol. The van der Waals surface area contributed by atoms with E-state index >= 15 is 0 Å². The Hall–Kier alpha value is -2.75. The van der Waals surface area contributed by atoms with Crippen LogP contribution in [-0.4, -0.2) is 38.9 Å². The van der Waals surface area contributed by atoms with Crippen molar-refractivity contribution in [3.8, 4) is 5.75 Å². The SMILES string of the molecule is CCOc1ccc(NC(=O)Cc2nnc(SCC(=O)Nc3cc(Cl)cc(Cl)c3)n2C)cc1. The topological polar surface area (TPSA) is 98.1 Å². The molecule has 0 bridgehead atoms. The average Bonchev–Trinajstić information content (AvgIpc) is 3.06. The molecule has 0 aliphatic rings. The van der Waals surface area contributed by atoms with Gasteiger partial charge in [-0.3, -0.25) is 9.59 Å². The maximum Gasteiger partial charge on any atom is 0.234 e. The Balaban J connectivity index is 1.51. The van der Waals surface area contributed by atoms with E-state index in [0.717, 1.165) is 5.75 Å². The first-order valence-corrected chi connectivity index (χ1v) is 11.4. The fraction of sp³-hybridized carbons (Fsp3) is 0.238. The summed E-state index contributed by atoms with van der Waals surface area (Å²) in [5.41, 5.74) is 1.17. The summed E-state index contributed by atoms with van der Waals surface area (Å²) in [7, 11) is 1.75. The van der Waals surface area contributed by atoms with Crippen LogP contribution < -0.4 is 15.4 Å². The quantitative estimate of drug-likeness (QED) is 0.427. The molecule has 2 N–H and O–H groups in total. The lowest BCUT2D eigenvalue weighted by molar-refractivity contribution is -0.116. The van der Waals surface area contributed by atoms with Gasteiger partial charge in [-0.2, -0.15) is 0 Å². The number of halogens is 2. The molecule has 3 aromatic rings. The van der Waals surface area contributed by atoms with Crippen LogP contribution in [0.4, 0.5) is 11.4 Å². The molecule has 0 atom stereocenters. The molecule has 0 unspecified atom stereocenters. The molecule has 0 radical (unpaired) electrons. The zero-order valence-electron chi connectivity index (χ0n) is 17.4. The van der Waals surface area contributed by atoms with Gasteiger partial charge in [-0.15, -0.1) is 10.2 Å². The summed E-state index contributed by atoms with van der Waals surface area (Å²) >= 11 is 13.1. The fourth-order valence-electron chi connectivity index (χ4n) is 2.73. The van der Waals surface area contributed by atoms with Gasteiger partial charge in [-0.25, -0.2) is 0 Å². The summed E-state index contributed by atoms with van der Waals surface area (Å²) in [5, 5.41) is 15.1. The van der Waals surface area contributed by atoms with Gasteiger partial charge in [-0.05, 0) is 49.4 Å². The van der Waals surface area contributed by atoms with Crippen LogP contribution in [0, 0.1) is 0 Å². The third kappa shape index (κ3) is 6.88. The second-order valence-electron chi connectivity index (χ2n) is 6.64. The molecule has 11 heteroatoms. The Labute approximate surface area is 199 Å². The molecule has 0 aliphatic heterocycles. The molecule has 0 spiro atoms. The van der Waals surface area contributed by atoms with Gasteiger partial charge in [0.15, 0.2) is 5.16 Å². The number of carbonyl (C=O) groups is 2. The van der Waals surface area contributed by atoms with Crippen LogP contribution in [0.1, 0.15) is 12.7 Å². The van der Waals surface area contributed by atoms with Crippen molar-refractivity contribution in [2.24, 2.45) is 7.05 Å². The van der Waals surface area contributed by atoms with E-state index < -0.39 is 0 Å². The number of thioether (sulfide) groups is 1. The number of amides is 2. The van der Waals surface area contributed by atoms with Crippen LogP contribution >= 0.6 is 35.0 Å². The van der Waals surface area contributed by atoms with Gasteiger partial charge in [0.25, 0.3) is 0 Å². The van der Waals surface area contributed by atoms with Gasteiger partial charge in [0.1, 0.15) is 11.6 Å². The van der Waals surface area contributed by atoms with Crippen molar-refractivity contribution in [3.05, 3.63) is 58.3 Å². The molecule has 2 aromatic carbocycles. The molecular formula is C21H21Cl2N5O3S. The van der Waals surface area contributed by atoms with Crippen molar-refractivity contribution in [3.63, 3.8) is 0 Å². The molecule has 0 saturated heterocycles. The maximum absolute atomic E-state index is 12.4. The minimum absolute atomic E-state index is 0.0461. The lowest BCUT2D eigenvalue weighted by Gasteiger charge is -2.08. The van der Waals surface area contributed by atoms with Crippen LogP contribution in [0.15, 0.2) is 47.6 Å². The molecule has 168 valence electrons. The van der Waals surface area contributed by atoms with Crippen molar-refractivity contribution < 1.29 is 14.3 Å². The molecule has 32 heavy (non-hydrogen) atoms. The number of aromatic nitrogens is 3. The summed E-state index contributed by atoms with van der Waals surface area (Å²) in [4.78, 5) is 24.6. The van der Waals surface area contributed by atoms with Crippen LogP contribution in [0.25, 0.3) is 0 Å². The highest BCUT2D eigenvalue weighted by Crippen LogP contribution is 2.23. The van der Waals surface area contributed by atoms with Crippen molar-refractivity contribution in [2.45, 2.75) is 18.5 Å². The standard InChI is InChI=1S/C21H21Cl2N5O3S/c1-3-31-17-6-4-15(5-7-17)24-19(29)11-18-26-27-21(28(18)2)32-12-20(30)25-16-9-13(22)8-14(23)10-16/h4-10H,3,11-12H2,1-2H3,(H,24,29)(H,25,30). The number of hydrogen-bond acceptors (Lipinski definition) is 6. The first-order valence-electron chi connectivity index (χ1n) is 9.63. The Kier molecular flexibility index (Phi) is 8.38. The second-order valence-corrected chi connectivity index (χ2v) is 8.45. The molecular weight excluding hydrogens is 473 g/mol. The highest BCUT2D eigenvalue weighted by atomic mass is 35.5. The summed E-state index contributed by atoms with van der Waals surface area (Å²) in [6.45, 7) is 2.49. The molecule has 3 rings (SSSR count). The number of hydrogen-bond donors (Lipinski definition) is 2. The van der Waals surface area contributed by atoms with Crippen molar-refractivity contribution in [1.82, 2.24) is 14.8 Å². The molecule has 0 fully saturated rings. The number of benzene rings is 2. The van der Waals surface area contributed by atoms with Gasteiger partial charge in [-0.1, -0.05) is 35.0 Å². The number of ether oxygens (including phenoxy) is 1. The first-order chi connectivity index (χ1) is 15.3. The highest BCUT2D eigenvalue weighted by molar-refractivity contribution is 7.99. The largest absolute Gasteiger partial charge is 0.494 e. The van der Waals surface area contributed by atoms with E-state index in [0.29, 0.717) is 39.0 Å². The predicted octanol–water partition coefficient (Wildman–Crippen LogP) is 4.43. The van der Waals surface area contributed by atoms with E-state index in [4.69, 9.17) is 27.9 Å².